The second kappa shape index (κ2) is 8.75. The molecule has 4 N–H and O–H groups in total. The third-order valence-corrected chi connectivity index (χ3v) is 5.01. The molecule has 0 unspecified atom stereocenters. The van der Waals surface area contributed by atoms with Crippen molar-refractivity contribution in [2.24, 2.45) is 0 Å². The number of hydrogen-bond acceptors (Lipinski definition) is 5. The molecule has 0 bridgehead atoms. The standard InChI is InChI=1S/C21H29NO6/c1-12(2)6-5-9-21(4)17(24)11-15-10-14(7-8-16(15)28-21)19(25)22-18(13(3)23)20(26)27/h6-8,10,13,17-18,23-24H,5,9,11H2,1-4H3,(H,22,25)(H,26,27)/t13-,17+,18+,21-/m1/s1. The summed E-state index contributed by atoms with van der Waals surface area (Å²) in [5, 5.41) is 31.5. The van der Waals surface area contributed by atoms with Crippen molar-refractivity contribution in [3.8, 4) is 5.75 Å². The van der Waals surface area contributed by atoms with Gasteiger partial charge < -0.3 is 25.4 Å². The van der Waals surface area contributed by atoms with E-state index in [0.717, 1.165) is 6.42 Å². The topological polar surface area (TPSA) is 116 Å². The monoisotopic (exact) mass is 391 g/mol. The lowest BCUT2D eigenvalue weighted by Crippen LogP contribution is -2.49. The number of carbonyl (C=O) groups is 2. The van der Waals surface area contributed by atoms with E-state index in [9.17, 15) is 19.8 Å². The van der Waals surface area contributed by atoms with E-state index in [0.29, 0.717) is 24.2 Å². The van der Waals surface area contributed by atoms with Crippen LogP contribution in [-0.4, -0.2) is 51.0 Å². The summed E-state index contributed by atoms with van der Waals surface area (Å²) in [5.74, 6) is -1.32. The third-order valence-electron chi connectivity index (χ3n) is 5.01. The predicted molar refractivity (Wildman–Crippen MR) is 104 cm³/mol. The van der Waals surface area contributed by atoms with E-state index in [-0.39, 0.29) is 5.56 Å². The van der Waals surface area contributed by atoms with Crippen LogP contribution in [0.1, 0.15) is 56.5 Å². The first-order chi connectivity index (χ1) is 13.0. The number of aliphatic hydroxyl groups excluding tert-OH is 2. The second-order valence-electron chi connectivity index (χ2n) is 7.81. The van der Waals surface area contributed by atoms with Gasteiger partial charge in [-0.15, -0.1) is 0 Å². The molecule has 1 aromatic carbocycles. The van der Waals surface area contributed by atoms with Crippen molar-refractivity contribution in [2.45, 2.75) is 70.8 Å². The van der Waals surface area contributed by atoms with Crippen molar-refractivity contribution in [3.05, 3.63) is 41.0 Å². The minimum absolute atomic E-state index is 0.245. The predicted octanol–water partition coefficient (Wildman–Crippen LogP) is 2.05. The molecule has 0 fully saturated rings. The van der Waals surface area contributed by atoms with Gasteiger partial charge in [-0.3, -0.25) is 4.79 Å². The maximum Gasteiger partial charge on any atom is 0.328 e. The van der Waals surface area contributed by atoms with E-state index < -0.39 is 35.7 Å². The Morgan fingerprint density at radius 1 is 1.39 bits per heavy atom. The number of aliphatic hydroxyl groups is 2. The Morgan fingerprint density at radius 3 is 2.64 bits per heavy atom. The van der Waals surface area contributed by atoms with Crippen LogP contribution in [0, 0.1) is 0 Å². The van der Waals surface area contributed by atoms with Gasteiger partial charge in [-0.05, 0) is 64.3 Å². The summed E-state index contributed by atoms with van der Waals surface area (Å²) in [6.07, 6.45) is 1.93. The maximum atomic E-state index is 12.4. The average molecular weight is 391 g/mol. The van der Waals surface area contributed by atoms with Crippen LogP contribution in [-0.2, 0) is 11.2 Å². The number of carboxylic acid groups (broad SMARTS) is 1. The summed E-state index contributed by atoms with van der Waals surface area (Å²) in [6.45, 7) is 7.22. The molecule has 1 heterocycles. The molecule has 154 valence electrons. The summed E-state index contributed by atoms with van der Waals surface area (Å²) in [5.41, 5.74) is 1.42. The van der Waals surface area contributed by atoms with Crippen LogP contribution in [0.15, 0.2) is 29.8 Å². The van der Waals surface area contributed by atoms with Crippen molar-refractivity contribution in [2.75, 3.05) is 0 Å². The van der Waals surface area contributed by atoms with E-state index >= 15 is 0 Å². The highest BCUT2D eigenvalue weighted by Gasteiger charge is 2.39. The van der Waals surface area contributed by atoms with Gasteiger partial charge in [0.05, 0.1) is 12.2 Å². The van der Waals surface area contributed by atoms with Gasteiger partial charge in [0.1, 0.15) is 11.4 Å². The first kappa shape index (κ1) is 21.9. The molecule has 1 aliphatic rings. The Kier molecular flexibility index (Phi) is 6.85. The number of nitrogens with one attached hydrogen (secondary N) is 1. The molecule has 0 aliphatic carbocycles. The van der Waals surface area contributed by atoms with Gasteiger partial charge in [-0.2, -0.15) is 0 Å². The number of aliphatic carboxylic acids is 1. The minimum atomic E-state index is -1.40. The second-order valence-corrected chi connectivity index (χ2v) is 7.81. The number of carbonyl (C=O) groups excluding carboxylic acids is 1. The van der Waals surface area contributed by atoms with Gasteiger partial charge in [0.2, 0.25) is 0 Å². The molecule has 1 aliphatic heterocycles. The fourth-order valence-electron chi connectivity index (χ4n) is 3.20. The van der Waals surface area contributed by atoms with Crippen LogP contribution in [0.2, 0.25) is 0 Å². The highest BCUT2D eigenvalue weighted by molar-refractivity contribution is 5.97. The highest BCUT2D eigenvalue weighted by atomic mass is 16.5. The zero-order chi connectivity index (χ0) is 21.1. The molecule has 0 saturated heterocycles. The van der Waals surface area contributed by atoms with E-state index in [2.05, 4.69) is 11.4 Å². The van der Waals surface area contributed by atoms with Crippen LogP contribution in [0.3, 0.4) is 0 Å². The lowest BCUT2D eigenvalue weighted by Gasteiger charge is -2.40. The summed E-state index contributed by atoms with van der Waals surface area (Å²) in [7, 11) is 0. The Morgan fingerprint density at radius 2 is 2.07 bits per heavy atom. The first-order valence-electron chi connectivity index (χ1n) is 9.38. The molecular weight excluding hydrogens is 362 g/mol. The highest BCUT2D eigenvalue weighted by Crippen LogP contribution is 2.36. The third kappa shape index (κ3) is 5.11. The van der Waals surface area contributed by atoms with E-state index in [4.69, 9.17) is 9.84 Å². The first-order valence-corrected chi connectivity index (χ1v) is 9.38. The van der Waals surface area contributed by atoms with Crippen molar-refractivity contribution in [3.63, 3.8) is 0 Å². The Balaban J connectivity index is 2.16. The van der Waals surface area contributed by atoms with Crippen molar-refractivity contribution in [1.29, 1.82) is 0 Å². The number of fused-ring (bicyclic) bond motifs is 1. The zero-order valence-electron chi connectivity index (χ0n) is 16.7. The molecule has 0 aromatic heterocycles. The number of benzene rings is 1. The molecule has 0 radical (unpaired) electrons. The van der Waals surface area contributed by atoms with Gasteiger partial charge in [0.15, 0.2) is 6.04 Å². The van der Waals surface area contributed by atoms with Crippen LogP contribution in [0.4, 0.5) is 0 Å². The number of carboxylic acids is 1. The zero-order valence-corrected chi connectivity index (χ0v) is 16.7. The van der Waals surface area contributed by atoms with Crippen LogP contribution < -0.4 is 10.1 Å². The molecular formula is C21H29NO6. The van der Waals surface area contributed by atoms with E-state index in [1.807, 2.05) is 20.8 Å². The van der Waals surface area contributed by atoms with Crippen LogP contribution in [0.25, 0.3) is 0 Å². The lowest BCUT2D eigenvalue weighted by molar-refractivity contribution is -0.141. The smallest absolute Gasteiger partial charge is 0.328 e. The number of rotatable bonds is 7. The Bertz CT molecular complexity index is 768. The fraction of sp³-hybridized carbons (Fsp3) is 0.524. The molecule has 28 heavy (non-hydrogen) atoms. The number of hydrogen-bond donors (Lipinski definition) is 4. The Hall–Kier alpha value is -2.38. The summed E-state index contributed by atoms with van der Waals surface area (Å²) in [6, 6.07) is 3.39. The molecule has 7 heteroatoms. The number of ether oxygens (including phenoxy) is 1. The van der Waals surface area contributed by atoms with Gasteiger partial charge in [0.25, 0.3) is 5.91 Å². The quantitative estimate of drug-likeness (QED) is 0.529. The van der Waals surface area contributed by atoms with E-state index in [1.54, 1.807) is 18.2 Å². The number of amides is 1. The van der Waals surface area contributed by atoms with Gasteiger partial charge in [-0.1, -0.05) is 11.6 Å². The normalized spacial score (nSPS) is 23.0. The van der Waals surface area contributed by atoms with Crippen LogP contribution >= 0.6 is 0 Å². The molecule has 1 amide bonds. The Labute approximate surface area is 165 Å². The summed E-state index contributed by atoms with van der Waals surface area (Å²) < 4.78 is 6.06. The molecule has 1 aromatic rings. The van der Waals surface area contributed by atoms with Crippen molar-refractivity contribution >= 4 is 11.9 Å². The SMILES string of the molecule is CC(C)=CCC[C@@]1(C)Oc2ccc(C(=O)N[C@H](C(=O)O)[C@@H](C)O)cc2C[C@@H]1O. The lowest BCUT2D eigenvalue weighted by atomic mass is 9.85. The molecule has 4 atom stereocenters. The van der Waals surface area contributed by atoms with Gasteiger partial charge >= 0.3 is 5.97 Å². The minimum Gasteiger partial charge on any atom is -0.485 e. The van der Waals surface area contributed by atoms with Gasteiger partial charge in [-0.25, -0.2) is 4.79 Å². The molecule has 2 rings (SSSR count). The van der Waals surface area contributed by atoms with Gasteiger partial charge in [0, 0.05) is 12.0 Å². The molecule has 0 spiro atoms. The maximum absolute atomic E-state index is 12.4. The van der Waals surface area contributed by atoms with Crippen LogP contribution in [0.5, 0.6) is 5.75 Å². The molecule has 7 nitrogen and oxygen atoms in total. The van der Waals surface area contributed by atoms with Crippen molar-refractivity contribution in [1.82, 2.24) is 5.32 Å². The summed E-state index contributed by atoms with van der Waals surface area (Å²) in [4.78, 5) is 23.5. The van der Waals surface area contributed by atoms with Crippen molar-refractivity contribution < 1.29 is 29.6 Å². The van der Waals surface area contributed by atoms with E-state index in [1.165, 1.54) is 12.5 Å². The number of allylic oxidation sites excluding steroid dienone is 2. The molecule has 0 saturated carbocycles. The largest absolute Gasteiger partial charge is 0.485 e. The average Bonchev–Trinajstić information content (AvgIpc) is 2.59. The fourth-order valence-corrected chi connectivity index (χ4v) is 3.20. The summed E-state index contributed by atoms with van der Waals surface area (Å²) >= 11 is 0.